The lowest BCUT2D eigenvalue weighted by molar-refractivity contribution is 0.552. The first-order valence-corrected chi connectivity index (χ1v) is 3.44. The number of hydrogen-bond acceptors (Lipinski definition) is 3. The lowest BCUT2D eigenvalue weighted by Gasteiger charge is -2.07. The van der Waals surface area contributed by atoms with Crippen molar-refractivity contribution >= 4 is 0 Å². The van der Waals surface area contributed by atoms with Gasteiger partial charge in [0.25, 0.3) is 0 Å². The van der Waals surface area contributed by atoms with Crippen LogP contribution in [0, 0.1) is 0 Å². The Kier molecular flexibility index (Phi) is 4.76. The molecule has 0 rings (SSSR count). The van der Waals surface area contributed by atoms with Crippen LogP contribution in [0.5, 0.6) is 0 Å². The summed E-state index contributed by atoms with van der Waals surface area (Å²) in [7, 11) is 5.85. The Balaban J connectivity index is 3.49. The molecule has 10 heavy (non-hydrogen) atoms. The zero-order chi connectivity index (χ0) is 7.98. The Morgan fingerprint density at radius 3 is 2.60 bits per heavy atom. The van der Waals surface area contributed by atoms with Gasteiger partial charge in [-0.15, -0.1) is 0 Å². The van der Waals surface area contributed by atoms with Crippen molar-refractivity contribution in [3.63, 3.8) is 0 Å². The minimum Gasteiger partial charge on any atom is -0.401 e. The summed E-state index contributed by atoms with van der Waals surface area (Å²) in [5.74, 6) is 0. The van der Waals surface area contributed by atoms with Gasteiger partial charge in [-0.1, -0.05) is 0 Å². The molecule has 3 heteroatoms. The molecular weight excluding hydrogens is 126 g/mol. The molecule has 60 valence electrons. The Bertz CT molecular complexity index is 107. The average molecular weight is 143 g/mol. The molecule has 0 aromatic heterocycles. The summed E-state index contributed by atoms with van der Waals surface area (Å²) in [4.78, 5) is 1.95. The molecule has 0 atom stereocenters. The maximum atomic E-state index is 5.64. The van der Waals surface area contributed by atoms with Crippen LogP contribution in [-0.2, 0) is 0 Å². The van der Waals surface area contributed by atoms with Gasteiger partial charge in [-0.25, -0.2) is 0 Å². The Morgan fingerprint density at radius 1 is 1.60 bits per heavy atom. The third-order valence-corrected chi connectivity index (χ3v) is 1.09. The van der Waals surface area contributed by atoms with Crippen molar-refractivity contribution in [1.29, 1.82) is 0 Å². The SMILES string of the molecule is CNCC/C(N)=C/N(C)C. The highest BCUT2D eigenvalue weighted by atomic mass is 15.0. The van der Waals surface area contributed by atoms with Crippen LogP contribution in [0.25, 0.3) is 0 Å². The number of hydrogen-bond donors (Lipinski definition) is 2. The normalized spacial score (nSPS) is 11.7. The largest absolute Gasteiger partial charge is 0.401 e. The molecule has 0 amide bonds. The lowest BCUT2D eigenvalue weighted by atomic mass is 10.3. The fourth-order valence-corrected chi connectivity index (χ4v) is 0.666. The zero-order valence-electron chi connectivity index (χ0n) is 7.02. The molecule has 0 aliphatic carbocycles. The van der Waals surface area contributed by atoms with Crippen molar-refractivity contribution in [2.24, 2.45) is 5.73 Å². The molecule has 0 spiro atoms. The minimum absolute atomic E-state index is 0.911. The van der Waals surface area contributed by atoms with Crippen LogP contribution < -0.4 is 11.1 Å². The van der Waals surface area contributed by atoms with Crippen molar-refractivity contribution in [3.8, 4) is 0 Å². The predicted molar refractivity (Wildman–Crippen MR) is 44.5 cm³/mol. The molecule has 0 bridgehead atoms. The predicted octanol–water partition coefficient (Wildman–Crippen LogP) is -0.0424. The first-order chi connectivity index (χ1) is 4.66. The van der Waals surface area contributed by atoms with E-state index in [-0.39, 0.29) is 0 Å². The van der Waals surface area contributed by atoms with Gasteiger partial charge in [-0.3, -0.25) is 0 Å². The third kappa shape index (κ3) is 5.44. The van der Waals surface area contributed by atoms with Gasteiger partial charge in [0.2, 0.25) is 0 Å². The van der Waals surface area contributed by atoms with Gasteiger partial charge in [-0.2, -0.15) is 0 Å². The maximum absolute atomic E-state index is 5.64. The second kappa shape index (κ2) is 5.11. The highest BCUT2D eigenvalue weighted by Crippen LogP contribution is 1.90. The summed E-state index contributed by atoms with van der Waals surface area (Å²) in [6.45, 7) is 0.941. The zero-order valence-corrected chi connectivity index (χ0v) is 7.02. The van der Waals surface area contributed by atoms with Gasteiger partial charge >= 0.3 is 0 Å². The number of rotatable bonds is 4. The standard InChI is InChI=1S/C7H17N3/c1-9-5-4-7(8)6-10(2)3/h6,9H,4-5,8H2,1-3H3/b7-6-. The third-order valence-electron chi connectivity index (χ3n) is 1.09. The van der Waals surface area contributed by atoms with Gasteiger partial charge in [0.1, 0.15) is 0 Å². The average Bonchev–Trinajstić information content (AvgIpc) is 1.82. The summed E-state index contributed by atoms with van der Waals surface area (Å²) in [6.07, 6.45) is 2.84. The van der Waals surface area contributed by atoms with Crippen molar-refractivity contribution in [2.75, 3.05) is 27.7 Å². The Labute approximate surface area is 62.9 Å². The molecule has 0 fully saturated rings. The van der Waals surface area contributed by atoms with Crippen LogP contribution in [-0.4, -0.2) is 32.6 Å². The molecule has 0 aliphatic heterocycles. The van der Waals surface area contributed by atoms with E-state index in [0.717, 1.165) is 18.7 Å². The molecule has 0 radical (unpaired) electrons. The van der Waals surface area contributed by atoms with Gasteiger partial charge in [0.15, 0.2) is 0 Å². The second-order valence-corrected chi connectivity index (χ2v) is 2.52. The van der Waals surface area contributed by atoms with E-state index in [2.05, 4.69) is 5.32 Å². The van der Waals surface area contributed by atoms with E-state index < -0.39 is 0 Å². The van der Waals surface area contributed by atoms with Crippen molar-refractivity contribution in [3.05, 3.63) is 11.9 Å². The lowest BCUT2D eigenvalue weighted by Crippen LogP contribution is -2.14. The van der Waals surface area contributed by atoms with E-state index in [1.54, 1.807) is 0 Å². The van der Waals surface area contributed by atoms with Crippen LogP contribution in [0.3, 0.4) is 0 Å². The first-order valence-electron chi connectivity index (χ1n) is 3.44. The highest BCUT2D eigenvalue weighted by molar-refractivity contribution is 4.94. The smallest absolute Gasteiger partial charge is 0.0254 e. The minimum atomic E-state index is 0.911. The van der Waals surface area contributed by atoms with E-state index in [9.17, 15) is 0 Å². The van der Waals surface area contributed by atoms with E-state index >= 15 is 0 Å². The Morgan fingerprint density at radius 2 is 2.20 bits per heavy atom. The molecule has 0 aromatic carbocycles. The summed E-state index contributed by atoms with van der Waals surface area (Å²) in [5.41, 5.74) is 6.56. The quantitative estimate of drug-likeness (QED) is 0.580. The molecule has 0 saturated carbocycles. The van der Waals surface area contributed by atoms with Crippen LogP contribution in [0.15, 0.2) is 11.9 Å². The van der Waals surface area contributed by atoms with Crippen molar-refractivity contribution in [2.45, 2.75) is 6.42 Å². The molecule has 0 aromatic rings. The number of nitrogens with two attached hydrogens (primary N) is 1. The first kappa shape index (κ1) is 9.30. The molecule has 0 aliphatic rings. The summed E-state index contributed by atoms with van der Waals surface area (Å²) in [5, 5.41) is 3.03. The topological polar surface area (TPSA) is 41.3 Å². The van der Waals surface area contributed by atoms with Gasteiger partial charge in [0.05, 0.1) is 0 Å². The number of nitrogens with zero attached hydrogens (tertiary/aromatic N) is 1. The number of nitrogens with one attached hydrogen (secondary N) is 1. The summed E-state index contributed by atoms with van der Waals surface area (Å²) in [6, 6.07) is 0. The van der Waals surface area contributed by atoms with E-state index in [1.807, 2.05) is 32.2 Å². The van der Waals surface area contributed by atoms with E-state index in [4.69, 9.17) is 5.73 Å². The fourth-order valence-electron chi connectivity index (χ4n) is 0.666. The monoisotopic (exact) mass is 143 g/mol. The molecule has 0 heterocycles. The van der Waals surface area contributed by atoms with Gasteiger partial charge < -0.3 is 16.0 Å². The second-order valence-electron chi connectivity index (χ2n) is 2.52. The van der Waals surface area contributed by atoms with Crippen LogP contribution in [0.1, 0.15) is 6.42 Å². The molecule has 0 saturated heterocycles. The van der Waals surface area contributed by atoms with Gasteiger partial charge in [-0.05, 0) is 7.05 Å². The van der Waals surface area contributed by atoms with Gasteiger partial charge in [0, 0.05) is 39.0 Å². The summed E-state index contributed by atoms with van der Waals surface area (Å²) >= 11 is 0. The van der Waals surface area contributed by atoms with Crippen molar-refractivity contribution < 1.29 is 0 Å². The highest BCUT2D eigenvalue weighted by Gasteiger charge is 1.88. The Hall–Kier alpha value is -0.700. The van der Waals surface area contributed by atoms with Crippen LogP contribution in [0.2, 0.25) is 0 Å². The molecule has 3 N–H and O–H groups in total. The molecular formula is C7H17N3. The fraction of sp³-hybridized carbons (Fsp3) is 0.714. The van der Waals surface area contributed by atoms with Crippen LogP contribution >= 0.6 is 0 Å². The van der Waals surface area contributed by atoms with Crippen LogP contribution in [0.4, 0.5) is 0 Å². The summed E-state index contributed by atoms with van der Waals surface area (Å²) < 4.78 is 0. The van der Waals surface area contributed by atoms with E-state index in [0.29, 0.717) is 0 Å². The molecule has 3 nitrogen and oxygen atoms in total. The van der Waals surface area contributed by atoms with E-state index in [1.165, 1.54) is 0 Å². The molecule has 0 unspecified atom stereocenters. The maximum Gasteiger partial charge on any atom is 0.0254 e. The van der Waals surface area contributed by atoms with Crippen molar-refractivity contribution in [1.82, 2.24) is 10.2 Å².